The number of amides is 1. The van der Waals surface area contributed by atoms with E-state index in [-0.39, 0.29) is 11.8 Å². The van der Waals surface area contributed by atoms with E-state index in [1.807, 2.05) is 35.2 Å². The molecule has 2 aliphatic rings. The highest BCUT2D eigenvalue weighted by atomic mass is 16.5. The number of hydrogen-bond acceptors (Lipinski definition) is 6. The summed E-state index contributed by atoms with van der Waals surface area (Å²) in [6.07, 6.45) is 0.649. The first kappa shape index (κ1) is 14.1. The van der Waals surface area contributed by atoms with Crippen molar-refractivity contribution in [3.8, 4) is 5.69 Å². The Labute approximate surface area is 133 Å². The summed E-state index contributed by atoms with van der Waals surface area (Å²) < 4.78 is 7.23. The molecule has 1 amide bonds. The number of benzene rings is 1. The number of anilines is 1. The smallest absolute Gasteiger partial charge is 0.250 e. The average molecular weight is 314 g/mol. The van der Waals surface area contributed by atoms with Crippen molar-refractivity contribution in [3.63, 3.8) is 0 Å². The highest BCUT2D eigenvalue weighted by Gasteiger charge is 2.53. The van der Waals surface area contributed by atoms with Crippen molar-refractivity contribution in [1.82, 2.24) is 20.2 Å². The van der Waals surface area contributed by atoms with Gasteiger partial charge in [0.25, 0.3) is 0 Å². The summed E-state index contributed by atoms with van der Waals surface area (Å²) in [6.45, 7) is 2.31. The Morgan fingerprint density at radius 1 is 1.35 bits per heavy atom. The van der Waals surface area contributed by atoms with Crippen LogP contribution in [0.25, 0.3) is 5.69 Å². The molecular weight excluding hydrogens is 296 g/mol. The zero-order valence-electron chi connectivity index (χ0n) is 12.6. The molecule has 2 N–H and O–H groups in total. The van der Waals surface area contributed by atoms with Gasteiger partial charge < -0.3 is 15.4 Å². The van der Waals surface area contributed by atoms with E-state index in [1.165, 1.54) is 0 Å². The summed E-state index contributed by atoms with van der Waals surface area (Å²) in [6, 6.07) is 9.69. The number of hydrogen-bond donors (Lipinski definition) is 1. The maximum atomic E-state index is 12.1. The molecule has 8 heteroatoms. The van der Waals surface area contributed by atoms with Gasteiger partial charge in [0.2, 0.25) is 11.9 Å². The van der Waals surface area contributed by atoms with E-state index in [4.69, 9.17) is 10.5 Å². The number of carbonyl (C=O) groups is 1. The fourth-order valence-corrected chi connectivity index (χ4v) is 3.62. The molecule has 4 rings (SSSR count). The summed E-state index contributed by atoms with van der Waals surface area (Å²) in [5.74, 6) is 0.452. The number of nitrogens with two attached hydrogens (primary N) is 1. The molecule has 2 atom stereocenters. The van der Waals surface area contributed by atoms with Crippen LogP contribution in [0.15, 0.2) is 30.3 Å². The number of fused-ring (bicyclic) bond motifs is 1. The fourth-order valence-electron chi connectivity index (χ4n) is 3.62. The van der Waals surface area contributed by atoms with Crippen LogP contribution in [0.4, 0.5) is 5.95 Å². The monoisotopic (exact) mass is 314 g/mol. The minimum absolute atomic E-state index is 0.0784. The standard InChI is InChI=1S/C15H18N6O2/c16-13(22)15-6-7-23-9-11(15)8-20(10-15)14-17-18-19-21(14)12-4-2-1-3-5-12/h1-5,11H,6-10H2,(H2,16,22)/t11-,15+/m1/s1. The Morgan fingerprint density at radius 2 is 2.17 bits per heavy atom. The predicted octanol–water partition coefficient (Wildman–Crippen LogP) is -0.00950. The SMILES string of the molecule is NC(=O)[C@]12CCOC[C@H]1CN(c1nnnn1-c1ccccc1)C2. The molecule has 2 saturated heterocycles. The van der Waals surface area contributed by atoms with E-state index >= 15 is 0 Å². The number of ether oxygens (including phenoxy) is 1. The molecular formula is C15H18N6O2. The number of tetrazole rings is 1. The van der Waals surface area contributed by atoms with Crippen molar-refractivity contribution in [3.05, 3.63) is 30.3 Å². The van der Waals surface area contributed by atoms with E-state index in [1.54, 1.807) is 4.68 Å². The van der Waals surface area contributed by atoms with Gasteiger partial charge in [0.15, 0.2) is 0 Å². The highest BCUT2D eigenvalue weighted by molar-refractivity contribution is 5.83. The van der Waals surface area contributed by atoms with Gasteiger partial charge in [-0.2, -0.15) is 4.68 Å². The normalized spacial score (nSPS) is 27.0. The number of aromatic nitrogens is 4. The molecule has 0 saturated carbocycles. The number of para-hydroxylation sites is 1. The molecule has 1 aromatic heterocycles. The van der Waals surface area contributed by atoms with Crippen molar-refractivity contribution in [2.75, 3.05) is 31.2 Å². The third kappa shape index (κ3) is 2.17. The Kier molecular flexibility index (Phi) is 3.26. The average Bonchev–Trinajstić information content (AvgIpc) is 3.20. The van der Waals surface area contributed by atoms with Gasteiger partial charge in [-0.15, -0.1) is 0 Å². The summed E-state index contributed by atoms with van der Waals surface area (Å²) >= 11 is 0. The molecule has 0 unspecified atom stereocenters. The quantitative estimate of drug-likeness (QED) is 0.855. The molecule has 2 fully saturated rings. The molecule has 3 heterocycles. The Hall–Kier alpha value is -2.48. The minimum Gasteiger partial charge on any atom is -0.381 e. The van der Waals surface area contributed by atoms with Crippen LogP contribution in [0.5, 0.6) is 0 Å². The van der Waals surface area contributed by atoms with Gasteiger partial charge in [0, 0.05) is 25.6 Å². The van der Waals surface area contributed by atoms with Crippen LogP contribution >= 0.6 is 0 Å². The first-order chi connectivity index (χ1) is 11.2. The molecule has 2 aliphatic heterocycles. The third-order valence-electron chi connectivity index (χ3n) is 4.93. The number of primary amides is 1. The van der Waals surface area contributed by atoms with Crippen LogP contribution in [0.2, 0.25) is 0 Å². The number of carbonyl (C=O) groups excluding carboxylic acids is 1. The second-order valence-electron chi connectivity index (χ2n) is 6.15. The maximum Gasteiger partial charge on any atom is 0.250 e. The second-order valence-corrected chi connectivity index (χ2v) is 6.15. The predicted molar refractivity (Wildman–Crippen MR) is 81.9 cm³/mol. The van der Waals surface area contributed by atoms with Crippen LogP contribution in [-0.4, -0.2) is 52.4 Å². The van der Waals surface area contributed by atoms with Crippen LogP contribution < -0.4 is 10.6 Å². The highest BCUT2D eigenvalue weighted by Crippen LogP contribution is 2.43. The van der Waals surface area contributed by atoms with E-state index in [0.717, 1.165) is 5.69 Å². The van der Waals surface area contributed by atoms with Gasteiger partial charge in [-0.1, -0.05) is 23.3 Å². The van der Waals surface area contributed by atoms with Crippen molar-refractivity contribution < 1.29 is 9.53 Å². The summed E-state index contributed by atoms with van der Waals surface area (Å²) in [5.41, 5.74) is 6.06. The third-order valence-corrected chi connectivity index (χ3v) is 4.93. The van der Waals surface area contributed by atoms with E-state index in [0.29, 0.717) is 38.7 Å². The zero-order valence-corrected chi connectivity index (χ0v) is 12.6. The topological polar surface area (TPSA) is 99.2 Å². The summed E-state index contributed by atoms with van der Waals surface area (Å²) in [7, 11) is 0. The molecule has 0 radical (unpaired) electrons. The van der Waals surface area contributed by atoms with Gasteiger partial charge in [-0.3, -0.25) is 4.79 Å². The molecule has 1 aromatic carbocycles. The van der Waals surface area contributed by atoms with E-state index in [9.17, 15) is 4.79 Å². The molecule has 2 aromatic rings. The molecule has 0 spiro atoms. The van der Waals surface area contributed by atoms with Crippen LogP contribution in [0.3, 0.4) is 0 Å². The molecule has 8 nitrogen and oxygen atoms in total. The van der Waals surface area contributed by atoms with Gasteiger partial charge in [0.05, 0.1) is 17.7 Å². The second kappa shape index (κ2) is 5.31. The Morgan fingerprint density at radius 3 is 2.91 bits per heavy atom. The lowest BCUT2D eigenvalue weighted by molar-refractivity contribution is -0.135. The van der Waals surface area contributed by atoms with E-state index < -0.39 is 5.41 Å². The van der Waals surface area contributed by atoms with Crippen LogP contribution in [0, 0.1) is 11.3 Å². The van der Waals surface area contributed by atoms with Gasteiger partial charge in [-0.25, -0.2) is 0 Å². The lowest BCUT2D eigenvalue weighted by Crippen LogP contribution is -2.48. The van der Waals surface area contributed by atoms with Gasteiger partial charge in [-0.05, 0) is 29.0 Å². The lowest BCUT2D eigenvalue weighted by Gasteiger charge is -2.34. The first-order valence-corrected chi connectivity index (χ1v) is 7.67. The summed E-state index contributed by atoms with van der Waals surface area (Å²) in [4.78, 5) is 14.1. The summed E-state index contributed by atoms with van der Waals surface area (Å²) in [5, 5.41) is 12.0. The lowest BCUT2D eigenvalue weighted by atomic mass is 9.74. The molecule has 23 heavy (non-hydrogen) atoms. The van der Waals surface area contributed by atoms with Crippen molar-refractivity contribution >= 4 is 11.9 Å². The number of rotatable bonds is 3. The first-order valence-electron chi connectivity index (χ1n) is 7.67. The van der Waals surface area contributed by atoms with Gasteiger partial charge >= 0.3 is 0 Å². The van der Waals surface area contributed by atoms with Crippen LogP contribution in [-0.2, 0) is 9.53 Å². The largest absolute Gasteiger partial charge is 0.381 e. The van der Waals surface area contributed by atoms with E-state index in [2.05, 4.69) is 15.5 Å². The Balaban J connectivity index is 1.68. The molecule has 0 aliphatic carbocycles. The van der Waals surface area contributed by atoms with Crippen molar-refractivity contribution in [2.24, 2.45) is 17.1 Å². The van der Waals surface area contributed by atoms with Crippen molar-refractivity contribution in [2.45, 2.75) is 6.42 Å². The minimum atomic E-state index is -0.550. The maximum absolute atomic E-state index is 12.1. The fraction of sp³-hybridized carbons (Fsp3) is 0.467. The number of nitrogens with zero attached hydrogens (tertiary/aromatic N) is 5. The Bertz CT molecular complexity index is 718. The molecule has 120 valence electrons. The van der Waals surface area contributed by atoms with Crippen molar-refractivity contribution in [1.29, 1.82) is 0 Å². The van der Waals surface area contributed by atoms with Crippen LogP contribution in [0.1, 0.15) is 6.42 Å². The molecule has 0 bridgehead atoms. The zero-order chi connectivity index (χ0) is 15.9. The van der Waals surface area contributed by atoms with Gasteiger partial charge in [0.1, 0.15) is 0 Å².